The van der Waals surface area contributed by atoms with E-state index in [0.29, 0.717) is 23.4 Å². The lowest BCUT2D eigenvalue weighted by Crippen LogP contribution is -2.13. The number of benzene rings is 2. The number of aryl methyl sites for hydroxylation is 1. The second kappa shape index (κ2) is 7.73. The smallest absolute Gasteiger partial charge is 0.409 e. The Morgan fingerprint density at radius 3 is 2.38 bits per heavy atom. The zero-order chi connectivity index (χ0) is 17.5. The van der Waals surface area contributed by atoms with E-state index in [0.717, 1.165) is 0 Å². The van der Waals surface area contributed by atoms with Crippen LogP contribution in [0.1, 0.15) is 12.0 Å². The predicted molar refractivity (Wildman–Crippen MR) is 88.1 cm³/mol. The lowest BCUT2D eigenvalue weighted by Gasteiger charge is -2.07. The summed E-state index contributed by atoms with van der Waals surface area (Å²) in [6, 6.07) is 12.4. The average molecular weight is 329 g/mol. The highest BCUT2D eigenvalue weighted by atomic mass is 16.6. The molecule has 0 aliphatic heterocycles. The first kappa shape index (κ1) is 16.9. The summed E-state index contributed by atoms with van der Waals surface area (Å²) in [6.07, 6.45) is -0.678. The topological polar surface area (TPSA) is 122 Å². The molecule has 0 saturated carbocycles. The van der Waals surface area contributed by atoms with Crippen molar-refractivity contribution in [2.45, 2.75) is 12.8 Å². The van der Waals surface area contributed by atoms with Crippen molar-refractivity contribution in [3.63, 3.8) is 0 Å². The molecule has 0 aliphatic rings. The Morgan fingerprint density at radius 1 is 1.04 bits per heavy atom. The van der Waals surface area contributed by atoms with Crippen LogP contribution < -0.4 is 10.6 Å². The molecule has 0 heterocycles. The first-order valence-electron chi connectivity index (χ1n) is 7.07. The Hall–Kier alpha value is -3.42. The number of non-ortho nitro benzene ring substituents is 1. The van der Waals surface area contributed by atoms with Gasteiger partial charge >= 0.3 is 6.09 Å². The first-order valence-corrected chi connectivity index (χ1v) is 7.07. The van der Waals surface area contributed by atoms with Gasteiger partial charge in [-0.05, 0) is 30.2 Å². The van der Waals surface area contributed by atoms with Crippen molar-refractivity contribution in [1.29, 1.82) is 0 Å². The lowest BCUT2D eigenvalue weighted by atomic mass is 10.1. The Morgan fingerprint density at radius 2 is 1.71 bits per heavy atom. The predicted octanol–water partition coefficient (Wildman–Crippen LogP) is 3.26. The molecule has 0 unspecified atom stereocenters. The standard InChI is InChI=1S/C16H15N3O5/c20-15(8-7-11-3-1-6-14(9-11)19(23)24)17-12-4-2-5-13(10-12)18-16(21)22/h1-6,9-10,18H,7-8H2,(H,17,20)(H,21,22). The maximum atomic E-state index is 12.0. The Kier molecular flexibility index (Phi) is 5.45. The van der Waals surface area contributed by atoms with Crippen LogP contribution in [-0.2, 0) is 11.2 Å². The Balaban J connectivity index is 1.93. The maximum absolute atomic E-state index is 12.0. The van der Waals surface area contributed by atoms with Crippen molar-refractivity contribution in [2.24, 2.45) is 0 Å². The van der Waals surface area contributed by atoms with Crippen molar-refractivity contribution < 1.29 is 19.6 Å². The Labute approximate surface area is 137 Å². The molecule has 8 nitrogen and oxygen atoms in total. The molecule has 0 atom stereocenters. The summed E-state index contributed by atoms with van der Waals surface area (Å²) in [6.45, 7) is 0. The zero-order valence-corrected chi connectivity index (χ0v) is 12.6. The number of carbonyl (C=O) groups excluding carboxylic acids is 1. The molecule has 8 heteroatoms. The molecule has 0 spiro atoms. The number of nitro groups is 1. The highest BCUT2D eigenvalue weighted by Crippen LogP contribution is 2.17. The summed E-state index contributed by atoms with van der Waals surface area (Å²) in [5, 5.41) is 24.2. The van der Waals surface area contributed by atoms with Crippen LogP contribution in [0.3, 0.4) is 0 Å². The molecule has 3 N–H and O–H groups in total. The number of nitrogens with zero attached hydrogens (tertiary/aromatic N) is 1. The summed E-state index contributed by atoms with van der Waals surface area (Å²) in [5.41, 5.74) is 1.49. The van der Waals surface area contributed by atoms with Crippen molar-refractivity contribution in [3.05, 3.63) is 64.2 Å². The van der Waals surface area contributed by atoms with Crippen molar-refractivity contribution in [2.75, 3.05) is 10.6 Å². The van der Waals surface area contributed by atoms with E-state index in [1.807, 2.05) is 0 Å². The molecule has 2 aromatic rings. The second-order valence-electron chi connectivity index (χ2n) is 4.99. The minimum absolute atomic E-state index is 0.0136. The molecular weight excluding hydrogens is 314 g/mol. The van der Waals surface area contributed by atoms with Gasteiger partial charge in [0.25, 0.3) is 5.69 Å². The van der Waals surface area contributed by atoms with Gasteiger partial charge in [-0.25, -0.2) is 4.79 Å². The number of nitrogens with one attached hydrogen (secondary N) is 2. The van der Waals surface area contributed by atoms with E-state index in [4.69, 9.17) is 5.11 Å². The van der Waals surface area contributed by atoms with Gasteiger partial charge in [0.15, 0.2) is 0 Å². The van der Waals surface area contributed by atoms with Gasteiger partial charge in [0.05, 0.1) is 4.92 Å². The van der Waals surface area contributed by atoms with Crippen molar-refractivity contribution in [3.8, 4) is 0 Å². The number of amides is 2. The van der Waals surface area contributed by atoms with Crippen LogP contribution in [-0.4, -0.2) is 22.0 Å². The van der Waals surface area contributed by atoms with Crippen molar-refractivity contribution in [1.82, 2.24) is 0 Å². The highest BCUT2D eigenvalue weighted by Gasteiger charge is 2.08. The molecule has 0 aliphatic carbocycles. The quantitative estimate of drug-likeness (QED) is 0.554. The third-order valence-corrected chi connectivity index (χ3v) is 3.16. The molecule has 0 radical (unpaired) electrons. The second-order valence-corrected chi connectivity index (χ2v) is 4.99. The minimum Gasteiger partial charge on any atom is -0.465 e. The zero-order valence-electron chi connectivity index (χ0n) is 12.6. The van der Waals surface area contributed by atoms with E-state index in [1.165, 1.54) is 18.2 Å². The van der Waals surface area contributed by atoms with E-state index in [2.05, 4.69) is 10.6 Å². The minimum atomic E-state index is -1.19. The number of carboxylic acid groups (broad SMARTS) is 1. The van der Waals surface area contributed by atoms with Gasteiger partial charge in [-0.1, -0.05) is 18.2 Å². The molecule has 24 heavy (non-hydrogen) atoms. The third kappa shape index (κ3) is 5.09. The number of carbonyl (C=O) groups is 2. The molecule has 0 aromatic heterocycles. The number of hydrogen-bond acceptors (Lipinski definition) is 4. The SMILES string of the molecule is O=C(O)Nc1cccc(NC(=O)CCc2cccc([N+](=O)[O-])c2)c1. The molecule has 124 valence electrons. The van der Waals surface area contributed by atoms with Crippen LogP contribution in [0.25, 0.3) is 0 Å². The first-order chi connectivity index (χ1) is 11.4. The van der Waals surface area contributed by atoms with E-state index in [-0.39, 0.29) is 18.0 Å². The fraction of sp³-hybridized carbons (Fsp3) is 0.125. The molecule has 2 aromatic carbocycles. The molecule has 0 bridgehead atoms. The van der Waals surface area contributed by atoms with E-state index < -0.39 is 11.0 Å². The Bertz CT molecular complexity index is 776. The lowest BCUT2D eigenvalue weighted by molar-refractivity contribution is -0.384. The summed E-state index contributed by atoms with van der Waals surface area (Å²) in [5.74, 6) is -0.269. The average Bonchev–Trinajstić information content (AvgIpc) is 2.53. The van der Waals surface area contributed by atoms with Crippen LogP contribution in [0.4, 0.5) is 21.9 Å². The van der Waals surface area contributed by atoms with Gasteiger partial charge < -0.3 is 10.4 Å². The molecule has 2 amide bonds. The third-order valence-electron chi connectivity index (χ3n) is 3.16. The summed E-state index contributed by atoms with van der Waals surface area (Å²) in [4.78, 5) is 32.8. The summed E-state index contributed by atoms with van der Waals surface area (Å²) >= 11 is 0. The van der Waals surface area contributed by atoms with Crippen LogP contribution in [0, 0.1) is 10.1 Å². The van der Waals surface area contributed by atoms with Crippen LogP contribution in [0.15, 0.2) is 48.5 Å². The summed E-state index contributed by atoms with van der Waals surface area (Å²) < 4.78 is 0. The summed E-state index contributed by atoms with van der Waals surface area (Å²) in [7, 11) is 0. The van der Waals surface area contributed by atoms with Gasteiger partial charge in [-0.3, -0.25) is 20.2 Å². The molecule has 2 rings (SSSR count). The van der Waals surface area contributed by atoms with E-state index in [9.17, 15) is 19.7 Å². The van der Waals surface area contributed by atoms with Gasteiger partial charge in [0.2, 0.25) is 5.91 Å². The highest BCUT2D eigenvalue weighted by molar-refractivity contribution is 5.92. The van der Waals surface area contributed by atoms with E-state index >= 15 is 0 Å². The maximum Gasteiger partial charge on any atom is 0.409 e. The van der Waals surface area contributed by atoms with Gasteiger partial charge in [0, 0.05) is 29.9 Å². The number of hydrogen-bond donors (Lipinski definition) is 3. The molecule has 0 fully saturated rings. The monoisotopic (exact) mass is 329 g/mol. The van der Waals surface area contributed by atoms with Gasteiger partial charge in [-0.15, -0.1) is 0 Å². The normalized spacial score (nSPS) is 10.0. The fourth-order valence-corrected chi connectivity index (χ4v) is 2.11. The number of anilines is 2. The van der Waals surface area contributed by atoms with Gasteiger partial charge in [0.1, 0.15) is 0 Å². The van der Waals surface area contributed by atoms with Crippen LogP contribution in [0.2, 0.25) is 0 Å². The molecular formula is C16H15N3O5. The number of rotatable bonds is 6. The fourth-order valence-electron chi connectivity index (χ4n) is 2.11. The largest absolute Gasteiger partial charge is 0.465 e. The van der Waals surface area contributed by atoms with Gasteiger partial charge in [-0.2, -0.15) is 0 Å². The number of nitro benzene ring substituents is 1. The van der Waals surface area contributed by atoms with Crippen LogP contribution >= 0.6 is 0 Å². The molecule has 0 saturated heterocycles. The van der Waals surface area contributed by atoms with Crippen molar-refractivity contribution >= 4 is 29.1 Å². The van der Waals surface area contributed by atoms with Crippen LogP contribution in [0.5, 0.6) is 0 Å². The van der Waals surface area contributed by atoms with E-state index in [1.54, 1.807) is 30.3 Å².